The average molecular weight is 278 g/mol. The van der Waals surface area contributed by atoms with Gasteiger partial charge < -0.3 is 4.74 Å². The Morgan fingerprint density at radius 3 is 2.61 bits per heavy atom. The zero-order valence-electron chi connectivity index (χ0n) is 9.58. The van der Waals surface area contributed by atoms with E-state index in [0.717, 1.165) is 5.56 Å². The molecule has 0 amide bonds. The Balaban J connectivity index is 2.43. The van der Waals surface area contributed by atoms with Crippen molar-refractivity contribution in [1.82, 2.24) is 0 Å². The van der Waals surface area contributed by atoms with E-state index in [9.17, 15) is 0 Å². The number of nitrogens with zero attached hydrogens (tertiary/aromatic N) is 1. The van der Waals surface area contributed by atoms with Crippen molar-refractivity contribution in [3.8, 4) is 17.6 Å². The highest BCUT2D eigenvalue weighted by Gasteiger charge is 2.09. The third kappa shape index (κ3) is 2.59. The van der Waals surface area contributed by atoms with Crippen molar-refractivity contribution in [1.29, 1.82) is 5.26 Å². The molecule has 0 saturated heterocycles. The fourth-order valence-electron chi connectivity index (χ4n) is 1.49. The van der Waals surface area contributed by atoms with Gasteiger partial charge in [0.05, 0.1) is 10.6 Å². The van der Waals surface area contributed by atoms with Crippen molar-refractivity contribution in [2.24, 2.45) is 0 Å². The Morgan fingerprint density at radius 1 is 1.11 bits per heavy atom. The molecule has 2 nitrogen and oxygen atoms in total. The first-order valence-corrected chi connectivity index (χ1v) is 6.00. The average Bonchev–Trinajstić information content (AvgIpc) is 2.35. The molecule has 0 heterocycles. The highest BCUT2D eigenvalue weighted by Crippen LogP contribution is 2.35. The normalized spacial score (nSPS) is 9.89. The molecule has 0 aliphatic heterocycles. The number of hydrogen-bond acceptors (Lipinski definition) is 2. The van der Waals surface area contributed by atoms with Gasteiger partial charge in [0.15, 0.2) is 0 Å². The van der Waals surface area contributed by atoms with Gasteiger partial charge in [0.2, 0.25) is 0 Å². The van der Waals surface area contributed by atoms with Gasteiger partial charge in [0, 0.05) is 0 Å². The summed E-state index contributed by atoms with van der Waals surface area (Å²) in [6.07, 6.45) is 0. The van der Waals surface area contributed by atoms with Gasteiger partial charge in [-0.1, -0.05) is 35.3 Å². The molecular formula is C14H9Cl2NO. The number of hydrogen-bond donors (Lipinski definition) is 0. The maximum atomic E-state index is 9.02. The minimum atomic E-state index is 0.338. The first-order valence-electron chi connectivity index (χ1n) is 5.24. The number of ether oxygens (including phenoxy) is 1. The van der Waals surface area contributed by atoms with Gasteiger partial charge in [0.25, 0.3) is 0 Å². The van der Waals surface area contributed by atoms with E-state index in [1.807, 2.05) is 13.0 Å². The quantitative estimate of drug-likeness (QED) is 0.777. The van der Waals surface area contributed by atoms with Crippen molar-refractivity contribution in [3.63, 3.8) is 0 Å². The SMILES string of the molecule is Cc1ccc(C#N)c(Oc2cccc(Cl)c2Cl)c1. The van der Waals surface area contributed by atoms with Crippen LogP contribution in [0.4, 0.5) is 0 Å². The molecule has 0 N–H and O–H groups in total. The van der Waals surface area contributed by atoms with E-state index in [-0.39, 0.29) is 0 Å². The third-order valence-corrected chi connectivity index (χ3v) is 3.20. The van der Waals surface area contributed by atoms with Crippen LogP contribution < -0.4 is 4.74 Å². The predicted molar refractivity (Wildman–Crippen MR) is 72.4 cm³/mol. The summed E-state index contributed by atoms with van der Waals surface area (Å²) in [6, 6.07) is 12.6. The number of nitriles is 1. The van der Waals surface area contributed by atoms with Crippen molar-refractivity contribution in [2.45, 2.75) is 6.92 Å². The van der Waals surface area contributed by atoms with E-state index in [0.29, 0.717) is 27.1 Å². The summed E-state index contributed by atoms with van der Waals surface area (Å²) in [5.41, 5.74) is 1.46. The molecule has 2 rings (SSSR count). The number of rotatable bonds is 2. The molecule has 0 saturated carbocycles. The minimum absolute atomic E-state index is 0.338. The molecule has 90 valence electrons. The summed E-state index contributed by atoms with van der Waals surface area (Å²) in [6.45, 7) is 1.92. The van der Waals surface area contributed by atoms with E-state index in [4.69, 9.17) is 33.2 Å². The summed E-state index contributed by atoms with van der Waals surface area (Å²) in [7, 11) is 0. The van der Waals surface area contributed by atoms with Crippen LogP contribution in [0, 0.1) is 18.3 Å². The van der Waals surface area contributed by atoms with E-state index >= 15 is 0 Å². The zero-order valence-corrected chi connectivity index (χ0v) is 11.1. The smallest absolute Gasteiger partial charge is 0.147 e. The van der Waals surface area contributed by atoms with Crippen molar-refractivity contribution in [2.75, 3.05) is 0 Å². The summed E-state index contributed by atoms with van der Waals surface area (Å²) >= 11 is 11.9. The van der Waals surface area contributed by atoms with E-state index in [2.05, 4.69) is 6.07 Å². The van der Waals surface area contributed by atoms with Crippen LogP contribution in [0.5, 0.6) is 11.5 Å². The lowest BCUT2D eigenvalue weighted by atomic mass is 10.1. The van der Waals surface area contributed by atoms with Crippen LogP contribution in [0.3, 0.4) is 0 Å². The molecule has 0 aromatic heterocycles. The minimum Gasteiger partial charge on any atom is -0.454 e. The number of benzene rings is 2. The second kappa shape index (κ2) is 5.30. The summed E-state index contributed by atoms with van der Waals surface area (Å²) < 4.78 is 5.65. The molecule has 0 bridgehead atoms. The van der Waals surface area contributed by atoms with E-state index < -0.39 is 0 Å². The van der Waals surface area contributed by atoms with Crippen LogP contribution >= 0.6 is 23.2 Å². The fourth-order valence-corrected chi connectivity index (χ4v) is 1.82. The van der Waals surface area contributed by atoms with Gasteiger partial charge in [-0.3, -0.25) is 0 Å². The van der Waals surface area contributed by atoms with Crippen LogP contribution in [-0.2, 0) is 0 Å². The van der Waals surface area contributed by atoms with Crippen molar-refractivity contribution >= 4 is 23.2 Å². The van der Waals surface area contributed by atoms with E-state index in [1.165, 1.54) is 0 Å². The summed E-state index contributed by atoms with van der Waals surface area (Å²) in [5, 5.41) is 9.78. The largest absolute Gasteiger partial charge is 0.454 e. The monoisotopic (exact) mass is 277 g/mol. The summed E-state index contributed by atoms with van der Waals surface area (Å²) in [5.74, 6) is 0.910. The highest BCUT2D eigenvalue weighted by molar-refractivity contribution is 6.42. The standard InChI is InChI=1S/C14H9Cl2NO/c1-9-5-6-10(8-17)13(7-9)18-12-4-2-3-11(15)14(12)16/h2-7H,1H3. The maximum absolute atomic E-state index is 9.02. The van der Waals surface area contributed by atoms with Gasteiger partial charge in [-0.15, -0.1) is 0 Å². The lowest BCUT2D eigenvalue weighted by molar-refractivity contribution is 0.481. The Morgan fingerprint density at radius 2 is 1.89 bits per heavy atom. The lowest BCUT2D eigenvalue weighted by Crippen LogP contribution is -1.90. The molecule has 0 fully saturated rings. The second-order valence-electron chi connectivity index (χ2n) is 3.77. The van der Waals surface area contributed by atoms with Crippen LogP contribution in [-0.4, -0.2) is 0 Å². The van der Waals surface area contributed by atoms with Crippen LogP contribution in [0.1, 0.15) is 11.1 Å². The first kappa shape index (κ1) is 12.8. The van der Waals surface area contributed by atoms with Gasteiger partial charge in [0.1, 0.15) is 22.6 Å². The molecule has 18 heavy (non-hydrogen) atoms. The molecule has 2 aromatic carbocycles. The number of aryl methyl sites for hydroxylation is 1. The first-order chi connectivity index (χ1) is 8.61. The van der Waals surface area contributed by atoms with Crippen LogP contribution in [0.2, 0.25) is 10.0 Å². The maximum Gasteiger partial charge on any atom is 0.147 e. The Hall–Kier alpha value is -1.69. The molecule has 0 atom stereocenters. The predicted octanol–water partition coefficient (Wildman–Crippen LogP) is 4.97. The van der Waals surface area contributed by atoms with Crippen molar-refractivity contribution < 1.29 is 4.74 Å². The fraction of sp³-hybridized carbons (Fsp3) is 0.0714. The van der Waals surface area contributed by atoms with Gasteiger partial charge in [-0.05, 0) is 36.8 Å². The molecule has 2 aromatic rings. The molecule has 0 radical (unpaired) electrons. The molecule has 4 heteroatoms. The topological polar surface area (TPSA) is 33.0 Å². The molecule has 0 spiro atoms. The van der Waals surface area contributed by atoms with Crippen LogP contribution in [0.15, 0.2) is 36.4 Å². The zero-order chi connectivity index (χ0) is 13.1. The Bertz CT molecular complexity index is 632. The Labute approximate surface area is 115 Å². The highest BCUT2D eigenvalue weighted by atomic mass is 35.5. The molecular weight excluding hydrogens is 269 g/mol. The van der Waals surface area contributed by atoms with Crippen molar-refractivity contribution in [3.05, 3.63) is 57.6 Å². The summed E-state index contributed by atoms with van der Waals surface area (Å²) in [4.78, 5) is 0. The van der Waals surface area contributed by atoms with Crippen LogP contribution in [0.25, 0.3) is 0 Å². The molecule has 0 aliphatic rings. The molecule has 0 aliphatic carbocycles. The van der Waals surface area contributed by atoms with E-state index in [1.54, 1.807) is 30.3 Å². The van der Waals surface area contributed by atoms with Gasteiger partial charge >= 0.3 is 0 Å². The second-order valence-corrected chi connectivity index (χ2v) is 4.55. The molecule has 0 unspecified atom stereocenters. The van der Waals surface area contributed by atoms with Gasteiger partial charge in [-0.25, -0.2) is 0 Å². The number of halogens is 2. The third-order valence-electron chi connectivity index (χ3n) is 2.39. The lowest BCUT2D eigenvalue weighted by Gasteiger charge is -2.10. The van der Waals surface area contributed by atoms with Gasteiger partial charge in [-0.2, -0.15) is 5.26 Å². The Kier molecular flexibility index (Phi) is 3.76.